The molecule has 4 amide bonds. The highest BCUT2D eigenvalue weighted by atomic mass is 79.9. The van der Waals surface area contributed by atoms with E-state index in [4.69, 9.17) is 10.5 Å². The summed E-state index contributed by atoms with van der Waals surface area (Å²) in [5.41, 5.74) is 4.34. The maximum Gasteiger partial charge on any atom is 0.312 e. The second-order valence-electron chi connectivity index (χ2n) is 9.01. The van der Waals surface area contributed by atoms with Gasteiger partial charge in [-0.15, -0.1) is 0 Å². The molecular formula is C21H36Br2N4O6. The second kappa shape index (κ2) is 15.3. The van der Waals surface area contributed by atoms with Gasteiger partial charge >= 0.3 is 12.0 Å². The van der Waals surface area contributed by atoms with Crippen LogP contribution in [0.2, 0.25) is 0 Å². The van der Waals surface area contributed by atoms with Gasteiger partial charge in [0.25, 0.3) is 5.91 Å². The number of carbonyl (C=O) groups is 5. The predicted molar refractivity (Wildman–Crippen MR) is 132 cm³/mol. The van der Waals surface area contributed by atoms with E-state index in [9.17, 15) is 24.0 Å². The number of hydrogen-bond acceptors (Lipinski definition) is 6. The first-order chi connectivity index (χ1) is 15.2. The number of nitrogens with two attached hydrogens (primary N) is 1. The monoisotopic (exact) mass is 598 g/mol. The number of amides is 4. The van der Waals surface area contributed by atoms with Crippen LogP contribution in [0.25, 0.3) is 0 Å². The maximum atomic E-state index is 13.0. The minimum atomic E-state index is -0.932. The third kappa shape index (κ3) is 12.4. The average Bonchev–Trinajstić information content (AvgIpc) is 2.71. The molecule has 0 aliphatic heterocycles. The number of urea groups is 1. The fraction of sp³-hybridized carbons (Fsp3) is 0.762. The summed E-state index contributed by atoms with van der Waals surface area (Å²) in [4.78, 5) is 60.9. The molecule has 5 N–H and O–H groups in total. The third-order valence-electron chi connectivity index (χ3n) is 4.66. The van der Waals surface area contributed by atoms with Gasteiger partial charge in [-0.25, -0.2) is 4.79 Å². The van der Waals surface area contributed by atoms with E-state index in [-0.39, 0.29) is 18.2 Å². The Labute approximate surface area is 212 Å². The largest absolute Gasteiger partial charge is 0.455 e. The molecular weight excluding hydrogens is 564 g/mol. The van der Waals surface area contributed by atoms with E-state index in [1.54, 1.807) is 34.6 Å². The number of halogens is 2. The fourth-order valence-corrected chi connectivity index (χ4v) is 4.34. The Morgan fingerprint density at radius 3 is 2.03 bits per heavy atom. The lowest BCUT2D eigenvalue weighted by Gasteiger charge is -2.28. The summed E-state index contributed by atoms with van der Waals surface area (Å²) in [6.45, 7) is 8.49. The highest BCUT2D eigenvalue weighted by molar-refractivity contribution is 9.09. The van der Waals surface area contributed by atoms with Crippen molar-refractivity contribution in [2.24, 2.45) is 23.0 Å². The van der Waals surface area contributed by atoms with Crippen LogP contribution in [0.3, 0.4) is 0 Å². The Morgan fingerprint density at radius 1 is 1.00 bits per heavy atom. The Balaban J connectivity index is 5.16. The second-order valence-corrected chi connectivity index (χ2v) is 10.3. The van der Waals surface area contributed by atoms with Crippen LogP contribution in [0.15, 0.2) is 0 Å². The van der Waals surface area contributed by atoms with Crippen LogP contribution in [0, 0.1) is 17.3 Å². The van der Waals surface area contributed by atoms with Gasteiger partial charge < -0.3 is 26.4 Å². The number of nitrogens with one attached hydrogen (secondary N) is 3. The van der Waals surface area contributed by atoms with Crippen molar-refractivity contribution in [2.75, 3.05) is 23.8 Å². The number of alkyl halides is 2. The first-order valence-corrected chi connectivity index (χ1v) is 12.9. The number of hydrogen-bond donors (Lipinski definition) is 4. The van der Waals surface area contributed by atoms with E-state index in [1.807, 2.05) is 0 Å². The lowest BCUT2D eigenvalue weighted by molar-refractivity contribution is -0.151. The summed E-state index contributed by atoms with van der Waals surface area (Å²) in [5, 5.41) is 8.52. The summed E-state index contributed by atoms with van der Waals surface area (Å²) in [6.07, 6.45) is 0.714. The van der Waals surface area contributed by atoms with Crippen molar-refractivity contribution >= 4 is 61.5 Å². The molecule has 33 heavy (non-hydrogen) atoms. The van der Waals surface area contributed by atoms with E-state index in [0.717, 1.165) is 0 Å². The molecule has 0 spiro atoms. The van der Waals surface area contributed by atoms with E-state index in [2.05, 4.69) is 47.8 Å². The molecule has 0 fully saturated rings. The molecule has 0 bridgehead atoms. The highest BCUT2D eigenvalue weighted by Gasteiger charge is 2.33. The van der Waals surface area contributed by atoms with E-state index < -0.39 is 53.8 Å². The van der Waals surface area contributed by atoms with Crippen molar-refractivity contribution in [3.63, 3.8) is 0 Å². The summed E-state index contributed by atoms with van der Waals surface area (Å²) < 4.78 is 5.02. The number of ketones is 1. The molecule has 0 aromatic rings. The molecule has 0 aromatic carbocycles. The Hall–Kier alpha value is -1.69. The number of primary amides is 1. The Kier molecular flexibility index (Phi) is 14.5. The minimum Gasteiger partial charge on any atom is -0.455 e. The van der Waals surface area contributed by atoms with E-state index in [0.29, 0.717) is 23.5 Å². The molecule has 0 unspecified atom stereocenters. The molecule has 0 aromatic heterocycles. The number of Topliss-reactive ketones (excluding diaryl/α,β-unsaturated/α-hetero) is 1. The van der Waals surface area contributed by atoms with Crippen molar-refractivity contribution in [3.05, 3.63) is 0 Å². The lowest BCUT2D eigenvalue weighted by atomic mass is 9.84. The van der Waals surface area contributed by atoms with Gasteiger partial charge in [-0.1, -0.05) is 66.5 Å². The molecule has 0 radical (unpaired) electrons. The number of rotatable bonds is 14. The van der Waals surface area contributed by atoms with Crippen LogP contribution in [-0.2, 0) is 23.9 Å². The smallest absolute Gasteiger partial charge is 0.312 e. The van der Waals surface area contributed by atoms with Crippen molar-refractivity contribution in [3.8, 4) is 0 Å². The Bertz CT molecular complexity index is 693. The van der Waals surface area contributed by atoms with Gasteiger partial charge in [-0.05, 0) is 18.8 Å². The molecule has 2 atom stereocenters. The zero-order valence-electron chi connectivity index (χ0n) is 19.8. The average molecular weight is 600 g/mol. The van der Waals surface area contributed by atoms with Gasteiger partial charge in [-0.2, -0.15) is 0 Å². The molecule has 0 aliphatic carbocycles. The summed E-state index contributed by atoms with van der Waals surface area (Å²) in [5.74, 6) is -2.57. The van der Waals surface area contributed by atoms with Crippen LogP contribution in [-0.4, -0.2) is 65.5 Å². The fourth-order valence-electron chi connectivity index (χ4n) is 2.74. The zero-order chi connectivity index (χ0) is 25.8. The van der Waals surface area contributed by atoms with Gasteiger partial charge in [0.1, 0.15) is 6.04 Å². The summed E-state index contributed by atoms with van der Waals surface area (Å²) >= 11 is 6.40. The van der Waals surface area contributed by atoms with Crippen LogP contribution >= 0.6 is 31.9 Å². The third-order valence-corrected chi connectivity index (χ3v) is 6.22. The summed E-state index contributed by atoms with van der Waals surface area (Å²) in [7, 11) is 0. The van der Waals surface area contributed by atoms with Gasteiger partial charge in [0.05, 0.1) is 12.0 Å². The van der Waals surface area contributed by atoms with E-state index >= 15 is 0 Å². The quantitative estimate of drug-likeness (QED) is 0.135. The topological polar surface area (TPSA) is 157 Å². The molecule has 0 heterocycles. The number of esters is 1. The zero-order valence-corrected chi connectivity index (χ0v) is 23.0. The molecule has 0 saturated carbocycles. The molecule has 0 aliphatic rings. The van der Waals surface area contributed by atoms with Gasteiger partial charge in [-0.3, -0.25) is 19.2 Å². The van der Waals surface area contributed by atoms with Crippen LogP contribution in [0.1, 0.15) is 47.5 Å². The van der Waals surface area contributed by atoms with Gasteiger partial charge in [0.2, 0.25) is 5.91 Å². The lowest BCUT2D eigenvalue weighted by Crippen LogP contribution is -2.55. The van der Waals surface area contributed by atoms with Crippen LogP contribution < -0.4 is 21.7 Å². The Morgan fingerprint density at radius 2 is 1.58 bits per heavy atom. The molecule has 190 valence electrons. The number of ether oxygens (including phenoxy) is 1. The predicted octanol–water partition coefficient (Wildman–Crippen LogP) is 1.62. The molecule has 10 nitrogen and oxygen atoms in total. The summed E-state index contributed by atoms with van der Waals surface area (Å²) in [6, 6.07) is -2.40. The van der Waals surface area contributed by atoms with Crippen LogP contribution in [0.5, 0.6) is 0 Å². The van der Waals surface area contributed by atoms with E-state index in [1.165, 1.54) is 0 Å². The minimum absolute atomic E-state index is 0.173. The molecule has 12 heteroatoms. The first-order valence-electron chi connectivity index (χ1n) is 10.7. The SMILES string of the molecule is CC(C)[C@H](NC(=O)COC(=O)C(CBr)CBr)C(=O)N[C@@H](CCCNC(N)=O)C(=O)C(C)(C)C. The van der Waals surface area contributed by atoms with Gasteiger partial charge in [0, 0.05) is 22.6 Å². The van der Waals surface area contributed by atoms with Crippen molar-refractivity contribution in [1.82, 2.24) is 16.0 Å². The van der Waals surface area contributed by atoms with Crippen LogP contribution in [0.4, 0.5) is 4.79 Å². The molecule has 0 rings (SSSR count). The number of carbonyl (C=O) groups excluding carboxylic acids is 5. The van der Waals surface area contributed by atoms with Crippen molar-refractivity contribution in [2.45, 2.75) is 59.5 Å². The standard InChI is InChI=1S/C21H36Br2N4O6/c1-12(2)16(27-15(28)11-33-19(31)13(9-22)10-23)18(30)26-14(17(29)21(3,4)5)7-6-8-25-20(24)32/h12-14,16H,6-11H2,1-5H3,(H,26,30)(H,27,28)(H3,24,25,32)/t14-,16-/m0/s1. The molecule has 0 saturated heterocycles. The van der Waals surface area contributed by atoms with Crippen molar-refractivity contribution < 1.29 is 28.7 Å². The highest BCUT2D eigenvalue weighted by Crippen LogP contribution is 2.19. The maximum absolute atomic E-state index is 13.0. The van der Waals surface area contributed by atoms with Crippen molar-refractivity contribution in [1.29, 1.82) is 0 Å². The first kappa shape index (κ1) is 31.3. The van der Waals surface area contributed by atoms with Gasteiger partial charge in [0.15, 0.2) is 12.4 Å². The normalized spacial score (nSPS) is 13.2.